The van der Waals surface area contributed by atoms with Crippen molar-refractivity contribution in [3.05, 3.63) is 120 Å². The van der Waals surface area contributed by atoms with Gasteiger partial charge in [0.15, 0.2) is 35.4 Å². The average molecular weight is 773 g/mol. The van der Waals surface area contributed by atoms with Crippen LogP contribution in [-0.4, -0.2) is 88.8 Å². The fraction of sp³-hybridized carbons (Fsp3) is 0.342. The van der Waals surface area contributed by atoms with E-state index < -0.39 is 36.7 Å². The molecule has 0 unspecified atom stereocenters. The van der Waals surface area contributed by atoms with Crippen LogP contribution in [0.5, 0.6) is 0 Å². The van der Waals surface area contributed by atoms with Gasteiger partial charge in [0.25, 0.3) is 0 Å². The van der Waals surface area contributed by atoms with E-state index in [1.54, 1.807) is 19.1 Å². The Balaban J connectivity index is 1.19. The summed E-state index contributed by atoms with van der Waals surface area (Å²) in [5.41, 5.74) is 3.43. The summed E-state index contributed by atoms with van der Waals surface area (Å²) in [6.07, 6.45) is -10.0. The fourth-order valence-corrected chi connectivity index (χ4v) is 7.21. The van der Waals surface area contributed by atoms with E-state index in [-0.39, 0.29) is 40.6 Å². The van der Waals surface area contributed by atoms with Gasteiger partial charge in [-0.3, -0.25) is 4.57 Å². The van der Waals surface area contributed by atoms with Crippen molar-refractivity contribution in [1.82, 2.24) is 39.7 Å². The van der Waals surface area contributed by atoms with E-state index in [9.17, 15) is 27.5 Å². The SMILES string of the molecule is CCn1nnc([C@H]2O[C@@H](n3cnc4c(NCC(c5ccccc5)c5ccccc5)nc(N5CC[C@H](c6ccc(F)cc6)C5)nc43)[C@H](OC(=O)C(F)(F)F)[C@@H]2O)n1. The molecule has 290 valence electrons. The lowest BCUT2D eigenvalue weighted by Crippen LogP contribution is -2.38. The Labute approximate surface area is 317 Å². The third kappa shape index (κ3) is 7.36. The van der Waals surface area contributed by atoms with Gasteiger partial charge in [0.1, 0.15) is 11.9 Å². The number of tetrazole rings is 1. The molecular weight excluding hydrogens is 736 g/mol. The molecule has 8 rings (SSSR count). The van der Waals surface area contributed by atoms with Crippen molar-refractivity contribution in [3.63, 3.8) is 0 Å². The van der Waals surface area contributed by atoms with Gasteiger partial charge in [-0.2, -0.15) is 27.9 Å². The number of alkyl halides is 3. The second-order valence-electron chi connectivity index (χ2n) is 13.6. The number of aryl methyl sites for hydroxylation is 1. The molecule has 0 amide bonds. The number of aliphatic hydroxyl groups is 1. The molecule has 3 aromatic carbocycles. The third-order valence-corrected chi connectivity index (χ3v) is 10.1. The Morgan fingerprint density at radius 1 is 1.02 bits per heavy atom. The van der Waals surface area contributed by atoms with E-state index >= 15 is 0 Å². The molecule has 2 aliphatic heterocycles. The molecule has 2 aliphatic rings. The number of carbonyl (C=O) groups is 1. The molecule has 5 atom stereocenters. The maximum absolute atomic E-state index is 13.7. The second-order valence-corrected chi connectivity index (χ2v) is 13.6. The van der Waals surface area contributed by atoms with Gasteiger partial charge in [-0.15, -0.1) is 10.2 Å². The number of ether oxygens (including phenoxy) is 2. The summed E-state index contributed by atoms with van der Waals surface area (Å²) in [6, 6.07) is 26.2. The molecule has 18 heteroatoms. The largest absolute Gasteiger partial charge is 0.490 e. The van der Waals surface area contributed by atoms with Gasteiger partial charge in [0.05, 0.1) is 12.9 Å². The predicted molar refractivity (Wildman–Crippen MR) is 193 cm³/mol. The molecule has 6 aromatic rings. The number of imidazole rings is 1. The average Bonchev–Trinajstić information content (AvgIpc) is 4.03. The number of halogens is 4. The van der Waals surface area contributed by atoms with Gasteiger partial charge in [-0.25, -0.2) is 14.2 Å². The highest BCUT2D eigenvalue weighted by atomic mass is 19.4. The van der Waals surface area contributed by atoms with Gasteiger partial charge in [0, 0.05) is 31.5 Å². The van der Waals surface area contributed by atoms with Crippen molar-refractivity contribution in [2.75, 3.05) is 29.9 Å². The Bertz CT molecular complexity index is 2250. The van der Waals surface area contributed by atoms with Crippen LogP contribution in [0.25, 0.3) is 11.2 Å². The Morgan fingerprint density at radius 3 is 2.36 bits per heavy atom. The molecule has 0 aliphatic carbocycles. The molecule has 14 nitrogen and oxygen atoms in total. The van der Waals surface area contributed by atoms with Crippen molar-refractivity contribution >= 4 is 28.9 Å². The minimum Gasteiger partial charge on any atom is -0.448 e. The van der Waals surface area contributed by atoms with Crippen LogP contribution < -0.4 is 10.2 Å². The van der Waals surface area contributed by atoms with E-state index in [4.69, 9.17) is 19.4 Å². The maximum Gasteiger partial charge on any atom is 0.490 e. The summed E-state index contributed by atoms with van der Waals surface area (Å²) in [5.74, 6) is -2.43. The Kier molecular flexibility index (Phi) is 10.1. The standard InChI is InChI=1S/C38H36F4N10O4/c1-2-52-48-33(47-49-52)30-29(53)31(56-36(54)38(40,41)42)35(55-30)51-21-44-28-32(43-19-27(23-9-5-3-6-10-23)24-11-7-4-8-12-24)45-37(46-34(28)51)50-18-17-25(20-50)22-13-15-26(39)16-14-22/h3-16,21,25,27,29-31,35,53H,2,17-20H2,1H3,(H,43,45,46)/t25-,29+,30-,31+,35+/m0/s1. The van der Waals surface area contributed by atoms with E-state index in [1.807, 2.05) is 65.6 Å². The zero-order valence-electron chi connectivity index (χ0n) is 29.9. The van der Waals surface area contributed by atoms with Gasteiger partial charge in [0.2, 0.25) is 11.8 Å². The van der Waals surface area contributed by atoms with Crippen molar-refractivity contribution in [1.29, 1.82) is 0 Å². The number of carbonyl (C=O) groups excluding carboxylic acids is 1. The molecule has 0 saturated carbocycles. The second kappa shape index (κ2) is 15.3. The van der Waals surface area contributed by atoms with E-state index in [2.05, 4.69) is 25.7 Å². The van der Waals surface area contributed by atoms with E-state index in [1.165, 1.54) is 27.8 Å². The lowest BCUT2D eigenvalue weighted by molar-refractivity contribution is -0.211. The van der Waals surface area contributed by atoms with Crippen LogP contribution in [0.1, 0.15) is 60.0 Å². The topological polar surface area (TPSA) is 158 Å². The molecule has 5 heterocycles. The van der Waals surface area contributed by atoms with Gasteiger partial charge < -0.3 is 24.8 Å². The van der Waals surface area contributed by atoms with Crippen LogP contribution in [-0.2, 0) is 20.8 Å². The Hall–Kier alpha value is -6.01. The molecule has 0 spiro atoms. The number of nitrogens with zero attached hydrogens (tertiary/aromatic N) is 9. The van der Waals surface area contributed by atoms with E-state index in [0.717, 1.165) is 23.1 Å². The molecule has 2 saturated heterocycles. The number of esters is 1. The summed E-state index contributed by atoms with van der Waals surface area (Å²) in [6.45, 7) is 3.48. The first kappa shape index (κ1) is 36.9. The predicted octanol–water partition coefficient (Wildman–Crippen LogP) is 5.31. The van der Waals surface area contributed by atoms with Crippen molar-refractivity contribution in [2.45, 2.75) is 62.4 Å². The summed E-state index contributed by atoms with van der Waals surface area (Å²) in [4.78, 5) is 29.8. The molecule has 2 N–H and O–H groups in total. The van der Waals surface area contributed by atoms with Crippen molar-refractivity contribution in [3.8, 4) is 0 Å². The minimum atomic E-state index is -5.36. The highest BCUT2D eigenvalue weighted by Crippen LogP contribution is 2.42. The number of aliphatic hydroxyl groups excluding tert-OH is 1. The van der Waals surface area contributed by atoms with Crippen molar-refractivity contribution < 1.29 is 36.9 Å². The Morgan fingerprint density at radius 2 is 1.71 bits per heavy atom. The number of anilines is 2. The molecule has 56 heavy (non-hydrogen) atoms. The van der Waals surface area contributed by atoms with Crippen LogP contribution in [0, 0.1) is 5.82 Å². The monoisotopic (exact) mass is 772 g/mol. The first-order chi connectivity index (χ1) is 27.1. The summed E-state index contributed by atoms with van der Waals surface area (Å²) < 4.78 is 66.8. The number of nitrogens with one attached hydrogen (secondary N) is 1. The van der Waals surface area contributed by atoms with Crippen molar-refractivity contribution in [2.24, 2.45) is 0 Å². The van der Waals surface area contributed by atoms with Gasteiger partial charge in [-0.1, -0.05) is 72.8 Å². The molecular formula is C38H36F4N10O4. The highest BCUT2D eigenvalue weighted by molar-refractivity contribution is 5.84. The highest BCUT2D eigenvalue weighted by Gasteiger charge is 2.53. The number of aromatic nitrogens is 8. The van der Waals surface area contributed by atoms with Crippen LogP contribution in [0.4, 0.5) is 29.3 Å². The number of hydrogen-bond donors (Lipinski definition) is 2. The molecule has 0 bridgehead atoms. The first-order valence-electron chi connectivity index (χ1n) is 18.0. The van der Waals surface area contributed by atoms with Crippen LogP contribution >= 0.6 is 0 Å². The summed E-state index contributed by atoms with van der Waals surface area (Å²) in [5, 5.41) is 26.8. The summed E-state index contributed by atoms with van der Waals surface area (Å²) in [7, 11) is 0. The van der Waals surface area contributed by atoms with Gasteiger partial charge in [-0.05, 0) is 47.4 Å². The van der Waals surface area contributed by atoms with Crippen LogP contribution in [0.3, 0.4) is 0 Å². The normalized spacial score (nSPS) is 21.3. The third-order valence-electron chi connectivity index (χ3n) is 10.1. The minimum absolute atomic E-state index is 0.0426. The van der Waals surface area contributed by atoms with E-state index in [0.29, 0.717) is 32.0 Å². The lowest BCUT2D eigenvalue weighted by Gasteiger charge is -2.23. The first-order valence-corrected chi connectivity index (χ1v) is 18.0. The zero-order chi connectivity index (χ0) is 39.0. The quantitative estimate of drug-likeness (QED) is 0.129. The molecule has 2 fully saturated rings. The number of benzene rings is 3. The lowest BCUT2D eigenvalue weighted by atomic mass is 9.91. The molecule has 0 radical (unpaired) electrons. The fourth-order valence-electron chi connectivity index (χ4n) is 7.21. The van der Waals surface area contributed by atoms with Gasteiger partial charge >= 0.3 is 12.1 Å². The number of rotatable bonds is 11. The maximum atomic E-state index is 13.7. The van der Waals surface area contributed by atoms with Crippen LogP contribution in [0.2, 0.25) is 0 Å². The zero-order valence-corrected chi connectivity index (χ0v) is 29.9. The summed E-state index contributed by atoms with van der Waals surface area (Å²) >= 11 is 0. The van der Waals surface area contributed by atoms with Crippen LogP contribution in [0.15, 0.2) is 91.3 Å². The molecule has 3 aromatic heterocycles. The number of fused-ring (bicyclic) bond motifs is 1. The smallest absolute Gasteiger partial charge is 0.448 e. The number of hydrogen-bond acceptors (Lipinski definition) is 12.